The lowest BCUT2D eigenvalue weighted by Gasteiger charge is -2.00. The number of carbonyl (C=O) groups is 1. The van der Waals surface area contributed by atoms with Gasteiger partial charge < -0.3 is 20.4 Å². The Morgan fingerprint density at radius 3 is 1.61 bits per heavy atom. The number of hydrogen-bond donors (Lipinski definition) is 4. The van der Waals surface area contributed by atoms with E-state index in [4.69, 9.17) is 15.3 Å². The van der Waals surface area contributed by atoms with E-state index in [0.29, 0.717) is 17.0 Å². The molecule has 0 spiro atoms. The first-order chi connectivity index (χ1) is 13.5. The number of aromatic nitrogens is 1. The fourth-order valence-electron chi connectivity index (χ4n) is 2.11. The van der Waals surface area contributed by atoms with E-state index >= 15 is 0 Å². The summed E-state index contributed by atoms with van der Waals surface area (Å²) in [6.45, 7) is 0. The molecular formula is C22H19NO5. The zero-order valence-electron chi connectivity index (χ0n) is 14.8. The van der Waals surface area contributed by atoms with Crippen LogP contribution in [0.15, 0.2) is 91.0 Å². The molecule has 4 N–H and O–H groups in total. The third-order valence-electron chi connectivity index (χ3n) is 3.43. The van der Waals surface area contributed by atoms with Crippen molar-refractivity contribution in [2.45, 2.75) is 0 Å². The monoisotopic (exact) mass is 377 g/mol. The van der Waals surface area contributed by atoms with Crippen molar-refractivity contribution in [3.8, 4) is 17.2 Å². The van der Waals surface area contributed by atoms with Gasteiger partial charge in [0.25, 0.3) is 0 Å². The van der Waals surface area contributed by atoms with Gasteiger partial charge in [-0.2, -0.15) is 0 Å². The van der Waals surface area contributed by atoms with Crippen molar-refractivity contribution in [1.29, 1.82) is 0 Å². The van der Waals surface area contributed by atoms with Gasteiger partial charge in [0.1, 0.15) is 28.5 Å². The lowest BCUT2D eigenvalue weighted by molar-refractivity contribution is 0.0691. The van der Waals surface area contributed by atoms with Crippen LogP contribution < -0.4 is 0 Å². The Bertz CT molecular complexity index is 983. The molecule has 6 nitrogen and oxygen atoms in total. The number of hydrogen-bond acceptors (Lipinski definition) is 5. The summed E-state index contributed by atoms with van der Waals surface area (Å²) in [6.07, 6.45) is 0. The van der Waals surface area contributed by atoms with Gasteiger partial charge in [-0.25, -0.2) is 9.78 Å². The summed E-state index contributed by atoms with van der Waals surface area (Å²) >= 11 is 0. The van der Waals surface area contributed by atoms with Gasteiger partial charge >= 0.3 is 5.97 Å². The fraction of sp³-hybridized carbons (Fsp3) is 0. The highest BCUT2D eigenvalue weighted by molar-refractivity contribution is 5.91. The molecule has 0 atom stereocenters. The smallest absolute Gasteiger partial charge is 0.354 e. The van der Waals surface area contributed by atoms with Gasteiger partial charge in [-0.3, -0.25) is 0 Å². The summed E-state index contributed by atoms with van der Waals surface area (Å²) in [5.74, 6) is -0.467. The van der Waals surface area contributed by atoms with Crippen LogP contribution in [0.25, 0.3) is 10.9 Å². The number of phenolic OH excluding ortho intramolecular Hbond substituents is 3. The second kappa shape index (κ2) is 10.2. The van der Waals surface area contributed by atoms with Crippen LogP contribution in [0, 0.1) is 0 Å². The van der Waals surface area contributed by atoms with E-state index in [2.05, 4.69) is 4.98 Å². The predicted molar refractivity (Wildman–Crippen MR) is 107 cm³/mol. The van der Waals surface area contributed by atoms with E-state index in [1.807, 2.05) is 12.1 Å². The van der Waals surface area contributed by atoms with Gasteiger partial charge in [-0.15, -0.1) is 0 Å². The number of carboxylic acid groups (broad SMARTS) is 1. The number of para-hydroxylation sites is 3. The highest BCUT2D eigenvalue weighted by Crippen LogP contribution is 2.22. The van der Waals surface area contributed by atoms with Crippen LogP contribution >= 0.6 is 0 Å². The molecule has 1 aromatic heterocycles. The van der Waals surface area contributed by atoms with Gasteiger partial charge in [-0.1, -0.05) is 54.6 Å². The van der Waals surface area contributed by atoms with Gasteiger partial charge in [0.05, 0.1) is 0 Å². The van der Waals surface area contributed by atoms with E-state index < -0.39 is 5.97 Å². The number of phenols is 3. The number of carboxylic acids is 1. The minimum atomic E-state index is -1.10. The standard InChI is InChI=1S/C10H7NO3.2C6H6O/c12-8-3-1-2-6-4-5-7(10(13)14)11-9(6)8;2*7-6-4-2-1-3-5-6/h1-5,12H,(H,13,14);2*1-5,7H. The molecule has 0 saturated carbocycles. The third-order valence-corrected chi connectivity index (χ3v) is 3.43. The molecule has 0 aliphatic heterocycles. The molecule has 1 heterocycles. The summed E-state index contributed by atoms with van der Waals surface area (Å²) in [5, 5.41) is 36.1. The normalized spacial score (nSPS) is 9.43. The number of fused-ring (bicyclic) bond motifs is 1. The zero-order chi connectivity index (χ0) is 20.4. The Morgan fingerprint density at radius 2 is 1.18 bits per heavy atom. The molecule has 3 aromatic carbocycles. The largest absolute Gasteiger partial charge is 0.508 e. The van der Waals surface area contributed by atoms with Crippen molar-refractivity contribution in [1.82, 2.24) is 4.98 Å². The molecule has 0 saturated heterocycles. The number of pyridine rings is 1. The number of nitrogens with zero attached hydrogens (tertiary/aromatic N) is 1. The minimum Gasteiger partial charge on any atom is -0.508 e. The molecule has 142 valence electrons. The average molecular weight is 377 g/mol. The van der Waals surface area contributed by atoms with Crippen molar-refractivity contribution < 1.29 is 25.2 Å². The molecule has 0 fully saturated rings. The molecule has 0 radical (unpaired) electrons. The molecular weight excluding hydrogens is 358 g/mol. The summed E-state index contributed by atoms with van der Waals surface area (Å²) in [4.78, 5) is 14.4. The Labute approximate surface area is 161 Å². The van der Waals surface area contributed by atoms with Gasteiger partial charge in [0.15, 0.2) is 0 Å². The molecule has 0 bridgehead atoms. The molecule has 4 aromatic rings. The Kier molecular flexibility index (Phi) is 7.36. The van der Waals surface area contributed by atoms with Crippen molar-refractivity contribution in [2.75, 3.05) is 0 Å². The zero-order valence-corrected chi connectivity index (χ0v) is 14.8. The summed E-state index contributed by atoms with van der Waals surface area (Å²) < 4.78 is 0. The highest BCUT2D eigenvalue weighted by atomic mass is 16.4. The maximum Gasteiger partial charge on any atom is 0.354 e. The SMILES string of the molecule is O=C(O)c1ccc2cccc(O)c2n1.Oc1ccccc1.Oc1ccccc1. The average Bonchev–Trinajstić information content (AvgIpc) is 2.70. The summed E-state index contributed by atoms with van der Waals surface area (Å²) in [5.41, 5.74) is 0.242. The number of rotatable bonds is 1. The van der Waals surface area contributed by atoms with Crippen LogP contribution in [0.3, 0.4) is 0 Å². The van der Waals surface area contributed by atoms with Gasteiger partial charge in [0.2, 0.25) is 0 Å². The van der Waals surface area contributed by atoms with E-state index in [0.717, 1.165) is 5.39 Å². The van der Waals surface area contributed by atoms with Crippen molar-refractivity contribution in [2.24, 2.45) is 0 Å². The van der Waals surface area contributed by atoms with Gasteiger partial charge in [-0.05, 0) is 36.4 Å². The van der Waals surface area contributed by atoms with Crippen LogP contribution in [0.1, 0.15) is 10.5 Å². The molecule has 6 heteroatoms. The van der Waals surface area contributed by atoms with Crippen LogP contribution in [-0.4, -0.2) is 31.4 Å². The predicted octanol–water partition coefficient (Wildman–Crippen LogP) is 4.42. The van der Waals surface area contributed by atoms with E-state index in [-0.39, 0.29) is 11.4 Å². The molecule has 4 rings (SSSR count). The second-order valence-electron chi connectivity index (χ2n) is 5.52. The van der Waals surface area contributed by atoms with Crippen molar-refractivity contribution in [3.63, 3.8) is 0 Å². The second-order valence-corrected chi connectivity index (χ2v) is 5.52. The van der Waals surface area contributed by atoms with E-state index in [1.165, 1.54) is 12.1 Å². The van der Waals surface area contributed by atoms with Crippen LogP contribution in [-0.2, 0) is 0 Å². The number of aromatic carboxylic acids is 1. The minimum absolute atomic E-state index is 0.00870. The Balaban J connectivity index is 0.000000168. The Morgan fingerprint density at radius 1 is 0.643 bits per heavy atom. The lowest BCUT2D eigenvalue weighted by atomic mass is 10.2. The number of benzene rings is 3. The first-order valence-corrected chi connectivity index (χ1v) is 8.27. The quantitative estimate of drug-likeness (QED) is 0.391. The molecule has 0 unspecified atom stereocenters. The first-order valence-electron chi connectivity index (χ1n) is 8.27. The fourth-order valence-corrected chi connectivity index (χ4v) is 2.11. The van der Waals surface area contributed by atoms with Crippen molar-refractivity contribution >= 4 is 16.9 Å². The first kappa shape index (κ1) is 20.3. The van der Waals surface area contributed by atoms with Crippen LogP contribution in [0.5, 0.6) is 17.2 Å². The van der Waals surface area contributed by atoms with Crippen LogP contribution in [0.4, 0.5) is 0 Å². The third kappa shape index (κ3) is 6.34. The van der Waals surface area contributed by atoms with Gasteiger partial charge in [0, 0.05) is 5.39 Å². The molecule has 28 heavy (non-hydrogen) atoms. The lowest BCUT2D eigenvalue weighted by Crippen LogP contribution is -1.99. The molecule has 0 aliphatic rings. The highest BCUT2D eigenvalue weighted by Gasteiger charge is 2.07. The van der Waals surface area contributed by atoms with Crippen LogP contribution in [0.2, 0.25) is 0 Å². The molecule has 0 aliphatic carbocycles. The van der Waals surface area contributed by atoms with E-state index in [1.54, 1.807) is 66.7 Å². The van der Waals surface area contributed by atoms with Crippen molar-refractivity contribution in [3.05, 3.63) is 96.7 Å². The Hall–Kier alpha value is -4.06. The molecule has 0 amide bonds. The maximum atomic E-state index is 10.6. The summed E-state index contributed by atoms with van der Waals surface area (Å²) in [6, 6.07) is 25.4. The summed E-state index contributed by atoms with van der Waals surface area (Å²) in [7, 11) is 0. The van der Waals surface area contributed by atoms with E-state index in [9.17, 15) is 9.90 Å². The topological polar surface area (TPSA) is 111 Å². The maximum absolute atomic E-state index is 10.6. The number of aromatic hydroxyl groups is 3.